The molecule has 0 spiro atoms. The standard InChI is InChI=1S/C17H14Br2O3/c18-17(19)11-22-16-8-13(6-7-14(16)15(17)9-20)21-10-12-4-2-1-3-5-12/h1-9,15H,10-11H2. The largest absolute Gasteiger partial charge is 0.491 e. The first-order valence-corrected chi connectivity index (χ1v) is 8.45. The molecule has 2 aromatic carbocycles. The molecule has 0 N–H and O–H groups in total. The van der Waals surface area contributed by atoms with Crippen LogP contribution >= 0.6 is 31.9 Å². The first-order chi connectivity index (χ1) is 10.6. The van der Waals surface area contributed by atoms with Crippen LogP contribution < -0.4 is 9.47 Å². The molecule has 1 unspecified atom stereocenters. The fourth-order valence-corrected chi connectivity index (χ4v) is 3.33. The number of aldehydes is 1. The van der Waals surface area contributed by atoms with Gasteiger partial charge in [0.05, 0.1) is 5.92 Å². The van der Waals surface area contributed by atoms with Crippen molar-refractivity contribution in [3.63, 3.8) is 0 Å². The van der Waals surface area contributed by atoms with Crippen molar-refractivity contribution >= 4 is 38.1 Å². The van der Waals surface area contributed by atoms with E-state index in [2.05, 4.69) is 31.9 Å². The molecule has 0 aromatic heterocycles. The predicted molar refractivity (Wildman–Crippen MR) is 92.1 cm³/mol. The molecule has 1 aliphatic heterocycles. The van der Waals surface area contributed by atoms with Crippen LogP contribution in [-0.4, -0.2) is 16.1 Å². The van der Waals surface area contributed by atoms with Crippen LogP contribution in [0.4, 0.5) is 0 Å². The molecule has 22 heavy (non-hydrogen) atoms. The molecule has 0 fully saturated rings. The lowest BCUT2D eigenvalue weighted by atomic mass is 9.94. The average Bonchev–Trinajstić information content (AvgIpc) is 2.53. The maximum Gasteiger partial charge on any atom is 0.130 e. The molecule has 5 heteroatoms. The van der Waals surface area contributed by atoms with Gasteiger partial charge in [-0.3, -0.25) is 0 Å². The molecule has 2 aromatic rings. The van der Waals surface area contributed by atoms with E-state index in [-0.39, 0.29) is 5.92 Å². The van der Waals surface area contributed by atoms with Gasteiger partial charge in [0.2, 0.25) is 0 Å². The molecule has 0 amide bonds. The summed E-state index contributed by atoms with van der Waals surface area (Å²) in [6.07, 6.45) is 0.926. The van der Waals surface area contributed by atoms with Crippen LogP contribution in [0.1, 0.15) is 17.0 Å². The van der Waals surface area contributed by atoms with Crippen molar-refractivity contribution in [2.75, 3.05) is 6.61 Å². The van der Waals surface area contributed by atoms with E-state index in [4.69, 9.17) is 9.47 Å². The molecule has 0 saturated heterocycles. The summed E-state index contributed by atoms with van der Waals surface area (Å²) >= 11 is 7.00. The molecule has 0 aliphatic carbocycles. The molecule has 1 atom stereocenters. The Morgan fingerprint density at radius 2 is 2.00 bits per heavy atom. The van der Waals surface area contributed by atoms with Gasteiger partial charge in [-0.25, -0.2) is 0 Å². The van der Waals surface area contributed by atoms with E-state index < -0.39 is 3.23 Å². The maximum atomic E-state index is 11.4. The molecule has 1 aliphatic rings. The Labute approximate surface area is 145 Å². The summed E-state index contributed by atoms with van der Waals surface area (Å²) in [7, 11) is 0. The van der Waals surface area contributed by atoms with Crippen molar-refractivity contribution in [1.29, 1.82) is 0 Å². The van der Waals surface area contributed by atoms with Gasteiger partial charge in [-0.1, -0.05) is 68.3 Å². The minimum atomic E-state index is -0.554. The van der Waals surface area contributed by atoms with E-state index in [1.54, 1.807) is 0 Å². The molecule has 3 rings (SSSR count). The van der Waals surface area contributed by atoms with Crippen LogP contribution in [-0.2, 0) is 11.4 Å². The number of halogens is 2. The molecule has 0 bridgehead atoms. The molecule has 0 radical (unpaired) electrons. The van der Waals surface area contributed by atoms with Gasteiger partial charge < -0.3 is 14.3 Å². The lowest BCUT2D eigenvalue weighted by molar-refractivity contribution is -0.109. The van der Waals surface area contributed by atoms with Gasteiger partial charge in [-0.15, -0.1) is 0 Å². The van der Waals surface area contributed by atoms with Gasteiger partial charge in [0.1, 0.15) is 34.2 Å². The van der Waals surface area contributed by atoms with E-state index in [1.165, 1.54) is 0 Å². The first kappa shape index (κ1) is 15.6. The summed E-state index contributed by atoms with van der Waals surface area (Å²) in [6, 6.07) is 15.5. The van der Waals surface area contributed by atoms with Gasteiger partial charge in [0.15, 0.2) is 0 Å². The number of carbonyl (C=O) groups excluding carboxylic acids is 1. The van der Waals surface area contributed by atoms with Crippen LogP contribution in [0.25, 0.3) is 0 Å². The summed E-state index contributed by atoms with van der Waals surface area (Å²) in [6.45, 7) is 0.864. The highest BCUT2D eigenvalue weighted by atomic mass is 79.9. The average molecular weight is 426 g/mol. The third-order valence-corrected chi connectivity index (χ3v) is 5.02. The number of ether oxygens (including phenoxy) is 2. The zero-order valence-electron chi connectivity index (χ0n) is 11.7. The highest BCUT2D eigenvalue weighted by molar-refractivity contribution is 9.25. The highest BCUT2D eigenvalue weighted by Crippen LogP contribution is 2.47. The Hall–Kier alpha value is -1.33. The number of hydrogen-bond donors (Lipinski definition) is 0. The molecular weight excluding hydrogens is 412 g/mol. The highest BCUT2D eigenvalue weighted by Gasteiger charge is 2.41. The van der Waals surface area contributed by atoms with Crippen molar-refractivity contribution in [2.45, 2.75) is 15.8 Å². The zero-order chi connectivity index (χ0) is 15.6. The number of alkyl halides is 2. The third-order valence-electron chi connectivity index (χ3n) is 3.58. The normalized spacial score (nSPS) is 18.9. The number of fused-ring (bicyclic) bond motifs is 1. The lowest BCUT2D eigenvalue weighted by Crippen LogP contribution is -2.35. The number of hydrogen-bond acceptors (Lipinski definition) is 3. The Morgan fingerprint density at radius 3 is 2.73 bits per heavy atom. The van der Waals surface area contributed by atoms with Gasteiger partial charge >= 0.3 is 0 Å². The van der Waals surface area contributed by atoms with E-state index >= 15 is 0 Å². The summed E-state index contributed by atoms with van der Waals surface area (Å²) in [4.78, 5) is 11.4. The van der Waals surface area contributed by atoms with Crippen LogP contribution in [0.5, 0.6) is 11.5 Å². The second kappa shape index (κ2) is 6.42. The number of benzene rings is 2. The molecule has 0 saturated carbocycles. The van der Waals surface area contributed by atoms with Gasteiger partial charge in [-0.05, 0) is 11.6 Å². The third kappa shape index (κ3) is 3.20. The molecule has 114 valence electrons. The minimum absolute atomic E-state index is 0.306. The lowest BCUT2D eigenvalue weighted by Gasteiger charge is -2.33. The predicted octanol–water partition coefficient (Wildman–Crippen LogP) is 4.43. The van der Waals surface area contributed by atoms with Gasteiger partial charge in [0.25, 0.3) is 0 Å². The Kier molecular flexibility index (Phi) is 4.54. The Morgan fingerprint density at radius 1 is 1.23 bits per heavy atom. The second-order valence-electron chi connectivity index (χ2n) is 5.14. The number of rotatable bonds is 4. The summed E-state index contributed by atoms with van der Waals surface area (Å²) in [5, 5.41) is 0. The quantitative estimate of drug-likeness (QED) is 0.537. The van der Waals surface area contributed by atoms with Gasteiger partial charge in [0, 0.05) is 11.6 Å². The van der Waals surface area contributed by atoms with Crippen LogP contribution in [0.15, 0.2) is 48.5 Å². The monoisotopic (exact) mass is 424 g/mol. The van der Waals surface area contributed by atoms with Crippen LogP contribution in [0.2, 0.25) is 0 Å². The second-order valence-corrected chi connectivity index (χ2v) is 9.03. The van der Waals surface area contributed by atoms with Crippen molar-refractivity contribution in [3.8, 4) is 11.5 Å². The van der Waals surface area contributed by atoms with E-state index in [1.807, 2.05) is 48.5 Å². The topological polar surface area (TPSA) is 35.5 Å². The van der Waals surface area contributed by atoms with Crippen LogP contribution in [0.3, 0.4) is 0 Å². The van der Waals surface area contributed by atoms with E-state index in [9.17, 15) is 4.79 Å². The fourth-order valence-electron chi connectivity index (χ4n) is 2.39. The number of carbonyl (C=O) groups is 1. The minimum Gasteiger partial charge on any atom is -0.491 e. The summed E-state index contributed by atoms with van der Waals surface area (Å²) in [5.74, 6) is 1.11. The maximum absolute atomic E-state index is 11.4. The first-order valence-electron chi connectivity index (χ1n) is 6.87. The Bertz CT molecular complexity index is 671. The zero-order valence-corrected chi connectivity index (χ0v) is 14.8. The van der Waals surface area contributed by atoms with Crippen molar-refractivity contribution in [1.82, 2.24) is 0 Å². The summed E-state index contributed by atoms with van der Waals surface area (Å²) < 4.78 is 11.0. The SMILES string of the molecule is O=CC1c2ccc(OCc3ccccc3)cc2OCC1(Br)Br. The molecule has 1 heterocycles. The smallest absolute Gasteiger partial charge is 0.130 e. The van der Waals surface area contributed by atoms with Crippen molar-refractivity contribution in [2.24, 2.45) is 0 Å². The Balaban J connectivity index is 1.78. The van der Waals surface area contributed by atoms with Crippen molar-refractivity contribution < 1.29 is 14.3 Å². The molecule has 3 nitrogen and oxygen atoms in total. The molecular formula is C17H14Br2O3. The van der Waals surface area contributed by atoms with E-state index in [0.717, 1.165) is 23.2 Å². The van der Waals surface area contributed by atoms with E-state index in [0.29, 0.717) is 19.0 Å². The van der Waals surface area contributed by atoms with Crippen LogP contribution in [0, 0.1) is 0 Å². The fraction of sp³-hybridized carbons (Fsp3) is 0.235. The summed E-state index contributed by atoms with van der Waals surface area (Å²) in [5.41, 5.74) is 1.95. The van der Waals surface area contributed by atoms with Gasteiger partial charge in [-0.2, -0.15) is 0 Å². The van der Waals surface area contributed by atoms with Crippen molar-refractivity contribution in [3.05, 3.63) is 59.7 Å².